The smallest absolute Gasteiger partial charge is 0.226 e. The molecular formula is C16H23BrN2O2. The number of benzene rings is 1. The van der Waals surface area contributed by atoms with Crippen LogP contribution in [0.4, 0.5) is 0 Å². The van der Waals surface area contributed by atoms with Crippen molar-refractivity contribution in [3.8, 4) is 5.75 Å². The van der Waals surface area contributed by atoms with Crippen molar-refractivity contribution in [1.29, 1.82) is 0 Å². The fourth-order valence-electron chi connectivity index (χ4n) is 2.64. The third kappa shape index (κ3) is 4.71. The highest BCUT2D eigenvalue weighted by molar-refractivity contribution is 9.10. The van der Waals surface area contributed by atoms with Crippen molar-refractivity contribution in [3.05, 3.63) is 28.2 Å². The summed E-state index contributed by atoms with van der Waals surface area (Å²) in [5, 5.41) is 3.18. The molecule has 1 aliphatic heterocycles. The van der Waals surface area contributed by atoms with Gasteiger partial charge >= 0.3 is 0 Å². The molecule has 5 heteroatoms. The van der Waals surface area contributed by atoms with E-state index in [9.17, 15) is 4.79 Å². The van der Waals surface area contributed by atoms with Gasteiger partial charge in [-0.15, -0.1) is 0 Å². The second-order valence-corrected chi connectivity index (χ2v) is 6.44. The van der Waals surface area contributed by atoms with Crippen molar-refractivity contribution in [2.24, 2.45) is 5.92 Å². The number of ether oxygens (including phenoxy) is 1. The van der Waals surface area contributed by atoms with Crippen LogP contribution in [0.2, 0.25) is 0 Å². The van der Waals surface area contributed by atoms with Crippen LogP contribution in [-0.2, 0) is 4.79 Å². The molecule has 116 valence electrons. The first-order valence-electron chi connectivity index (χ1n) is 7.41. The first kappa shape index (κ1) is 16.3. The van der Waals surface area contributed by atoms with E-state index in [1.54, 1.807) is 0 Å². The second-order valence-electron chi connectivity index (χ2n) is 5.58. The van der Waals surface area contributed by atoms with E-state index in [4.69, 9.17) is 4.74 Å². The van der Waals surface area contributed by atoms with Gasteiger partial charge in [-0.3, -0.25) is 4.79 Å². The fourth-order valence-corrected chi connectivity index (χ4v) is 3.25. The van der Waals surface area contributed by atoms with Gasteiger partial charge in [-0.1, -0.05) is 6.07 Å². The highest BCUT2D eigenvalue weighted by Crippen LogP contribution is 2.26. The van der Waals surface area contributed by atoms with E-state index >= 15 is 0 Å². The van der Waals surface area contributed by atoms with Crippen LogP contribution in [0.25, 0.3) is 0 Å². The Labute approximate surface area is 135 Å². The largest absolute Gasteiger partial charge is 0.492 e. The van der Waals surface area contributed by atoms with Gasteiger partial charge in [0.1, 0.15) is 5.75 Å². The lowest BCUT2D eigenvalue weighted by Crippen LogP contribution is -2.31. The molecule has 0 spiro atoms. The first-order valence-corrected chi connectivity index (χ1v) is 8.20. The van der Waals surface area contributed by atoms with Crippen LogP contribution in [-0.4, -0.2) is 44.1 Å². The van der Waals surface area contributed by atoms with Gasteiger partial charge < -0.3 is 15.0 Å². The van der Waals surface area contributed by atoms with Gasteiger partial charge in [0.15, 0.2) is 0 Å². The highest BCUT2D eigenvalue weighted by atomic mass is 79.9. The topological polar surface area (TPSA) is 41.6 Å². The number of nitrogens with zero attached hydrogens (tertiary/aromatic N) is 1. The third-order valence-corrected chi connectivity index (χ3v) is 4.41. The number of amides is 1. The van der Waals surface area contributed by atoms with E-state index in [0.29, 0.717) is 18.9 Å². The Morgan fingerprint density at radius 2 is 2.33 bits per heavy atom. The Kier molecular flexibility index (Phi) is 6.06. The van der Waals surface area contributed by atoms with Gasteiger partial charge in [0, 0.05) is 13.1 Å². The average molecular weight is 355 g/mol. The first-order chi connectivity index (χ1) is 10.1. The molecule has 1 N–H and O–H groups in total. The molecule has 2 rings (SSSR count). The number of likely N-dealkylation sites (tertiary alicyclic amines) is 1. The van der Waals surface area contributed by atoms with Gasteiger partial charge in [-0.05, 0) is 66.5 Å². The molecule has 1 fully saturated rings. The van der Waals surface area contributed by atoms with Crippen molar-refractivity contribution >= 4 is 21.8 Å². The molecular weight excluding hydrogens is 332 g/mol. The van der Waals surface area contributed by atoms with E-state index in [1.165, 1.54) is 5.56 Å². The van der Waals surface area contributed by atoms with E-state index < -0.39 is 0 Å². The Balaban J connectivity index is 1.74. The molecule has 1 unspecified atom stereocenters. The normalized spacial score (nSPS) is 18.0. The standard InChI is InChI=1S/C16H23BrN2O2/c1-12-3-4-15(14(17)9-12)21-8-6-16(20)19-7-5-13(11-19)10-18-2/h3-4,9,13,18H,5-8,10-11H2,1-2H3. The number of carbonyl (C=O) groups is 1. The van der Waals surface area contributed by atoms with Crippen molar-refractivity contribution < 1.29 is 9.53 Å². The zero-order valence-corrected chi connectivity index (χ0v) is 14.3. The fraction of sp³-hybridized carbons (Fsp3) is 0.562. The minimum Gasteiger partial charge on any atom is -0.492 e. The summed E-state index contributed by atoms with van der Waals surface area (Å²) in [6.07, 6.45) is 1.53. The van der Waals surface area contributed by atoms with Crippen LogP contribution in [0.5, 0.6) is 5.75 Å². The number of nitrogens with one attached hydrogen (secondary N) is 1. The molecule has 4 nitrogen and oxygen atoms in total. The number of hydrogen-bond donors (Lipinski definition) is 1. The number of rotatable bonds is 6. The molecule has 21 heavy (non-hydrogen) atoms. The lowest BCUT2D eigenvalue weighted by Gasteiger charge is -2.17. The van der Waals surface area contributed by atoms with Gasteiger partial charge in [0.25, 0.3) is 0 Å². The van der Waals surface area contributed by atoms with Crippen LogP contribution in [0, 0.1) is 12.8 Å². The number of halogens is 1. The Morgan fingerprint density at radius 1 is 1.52 bits per heavy atom. The molecule has 1 atom stereocenters. The zero-order valence-electron chi connectivity index (χ0n) is 12.7. The van der Waals surface area contributed by atoms with E-state index in [-0.39, 0.29) is 5.91 Å². The maximum absolute atomic E-state index is 12.1. The molecule has 1 saturated heterocycles. The van der Waals surface area contributed by atoms with Gasteiger partial charge in [0.05, 0.1) is 17.5 Å². The maximum Gasteiger partial charge on any atom is 0.226 e. The summed E-state index contributed by atoms with van der Waals surface area (Å²) >= 11 is 3.48. The van der Waals surface area contributed by atoms with Gasteiger partial charge in [0.2, 0.25) is 5.91 Å². The summed E-state index contributed by atoms with van der Waals surface area (Å²) in [6, 6.07) is 5.95. The number of hydrogen-bond acceptors (Lipinski definition) is 3. The Hall–Kier alpha value is -1.07. The van der Waals surface area contributed by atoms with Crippen molar-refractivity contribution in [2.75, 3.05) is 33.3 Å². The van der Waals surface area contributed by atoms with Crippen LogP contribution < -0.4 is 10.1 Å². The van der Waals surface area contributed by atoms with Crippen molar-refractivity contribution in [2.45, 2.75) is 19.8 Å². The van der Waals surface area contributed by atoms with Gasteiger partial charge in [-0.2, -0.15) is 0 Å². The van der Waals surface area contributed by atoms with E-state index in [2.05, 4.69) is 21.2 Å². The monoisotopic (exact) mass is 354 g/mol. The zero-order chi connectivity index (χ0) is 15.2. The quantitative estimate of drug-likeness (QED) is 0.853. The molecule has 1 aliphatic rings. The average Bonchev–Trinajstić information content (AvgIpc) is 2.90. The third-order valence-electron chi connectivity index (χ3n) is 3.79. The summed E-state index contributed by atoms with van der Waals surface area (Å²) in [5.41, 5.74) is 1.18. The van der Waals surface area contributed by atoms with E-state index in [0.717, 1.165) is 36.3 Å². The molecule has 1 aromatic rings. The summed E-state index contributed by atoms with van der Waals surface area (Å²) in [5.74, 6) is 1.57. The molecule has 0 aliphatic carbocycles. The highest BCUT2D eigenvalue weighted by Gasteiger charge is 2.25. The molecule has 1 aromatic carbocycles. The van der Waals surface area contributed by atoms with Crippen molar-refractivity contribution in [3.63, 3.8) is 0 Å². The summed E-state index contributed by atoms with van der Waals surface area (Å²) in [7, 11) is 1.96. The lowest BCUT2D eigenvalue weighted by atomic mass is 10.1. The number of carbonyl (C=O) groups excluding carboxylic acids is 1. The van der Waals surface area contributed by atoms with Crippen molar-refractivity contribution in [1.82, 2.24) is 10.2 Å². The Morgan fingerprint density at radius 3 is 3.05 bits per heavy atom. The predicted molar refractivity (Wildman–Crippen MR) is 87.6 cm³/mol. The summed E-state index contributed by atoms with van der Waals surface area (Å²) in [4.78, 5) is 14.1. The molecule has 0 bridgehead atoms. The number of aryl methyl sites for hydroxylation is 1. The second kappa shape index (κ2) is 7.80. The van der Waals surface area contributed by atoms with Crippen LogP contribution in [0.15, 0.2) is 22.7 Å². The minimum atomic E-state index is 0.192. The predicted octanol–water partition coefficient (Wildman–Crippen LogP) is 2.59. The SMILES string of the molecule is CNCC1CCN(C(=O)CCOc2ccc(C)cc2Br)C1. The Bertz CT molecular complexity index is 493. The van der Waals surface area contributed by atoms with E-state index in [1.807, 2.05) is 37.1 Å². The lowest BCUT2D eigenvalue weighted by molar-refractivity contribution is -0.130. The van der Waals surface area contributed by atoms with Crippen LogP contribution in [0.3, 0.4) is 0 Å². The molecule has 0 radical (unpaired) electrons. The molecule has 0 saturated carbocycles. The molecule has 1 amide bonds. The summed E-state index contributed by atoms with van der Waals surface area (Å²) < 4.78 is 6.63. The molecule has 1 heterocycles. The van der Waals surface area contributed by atoms with Crippen LogP contribution >= 0.6 is 15.9 Å². The van der Waals surface area contributed by atoms with Crippen LogP contribution in [0.1, 0.15) is 18.4 Å². The minimum absolute atomic E-state index is 0.192. The molecule has 0 aromatic heterocycles. The van der Waals surface area contributed by atoms with Gasteiger partial charge in [-0.25, -0.2) is 0 Å². The summed E-state index contributed by atoms with van der Waals surface area (Å²) in [6.45, 7) is 5.19. The maximum atomic E-state index is 12.1.